The molecule has 134 valence electrons. The van der Waals surface area contributed by atoms with Crippen molar-refractivity contribution >= 4 is 11.8 Å². The minimum Gasteiger partial charge on any atom is -0.454 e. The van der Waals surface area contributed by atoms with Gasteiger partial charge in [0.2, 0.25) is 18.6 Å². The number of carbonyl (C=O) groups excluding carboxylic acids is 2. The first-order valence-electron chi connectivity index (χ1n) is 8.52. The summed E-state index contributed by atoms with van der Waals surface area (Å²) in [5, 5.41) is 2.91. The van der Waals surface area contributed by atoms with E-state index >= 15 is 0 Å². The van der Waals surface area contributed by atoms with Crippen molar-refractivity contribution in [2.45, 2.75) is 19.5 Å². The number of benzene rings is 1. The number of amides is 2. The molecule has 7 heteroatoms. The number of hydrogen-bond donors (Lipinski definition) is 1. The molecule has 1 atom stereocenters. The topological polar surface area (TPSA) is 80.8 Å². The second-order valence-corrected chi connectivity index (χ2v) is 6.44. The summed E-state index contributed by atoms with van der Waals surface area (Å²) < 4.78 is 10.6. The molecule has 1 fully saturated rings. The molecule has 2 aromatic rings. The number of carbonyl (C=O) groups is 2. The Morgan fingerprint density at radius 1 is 1.23 bits per heavy atom. The first kappa shape index (κ1) is 16.4. The smallest absolute Gasteiger partial charge is 0.231 e. The molecule has 0 aliphatic carbocycles. The molecule has 2 aliphatic heterocycles. The fourth-order valence-electron chi connectivity index (χ4n) is 3.20. The monoisotopic (exact) mass is 353 g/mol. The van der Waals surface area contributed by atoms with Crippen LogP contribution in [0.4, 0.5) is 0 Å². The molecule has 1 saturated heterocycles. The molecule has 3 heterocycles. The number of nitrogens with zero attached hydrogens (tertiary/aromatic N) is 2. The zero-order chi connectivity index (χ0) is 17.9. The summed E-state index contributed by atoms with van der Waals surface area (Å²) >= 11 is 0. The van der Waals surface area contributed by atoms with E-state index in [2.05, 4.69) is 10.3 Å². The van der Waals surface area contributed by atoms with Crippen LogP contribution in [-0.4, -0.2) is 35.0 Å². The Morgan fingerprint density at radius 3 is 2.96 bits per heavy atom. The third-order valence-electron chi connectivity index (χ3n) is 4.59. The molecule has 0 saturated carbocycles. The van der Waals surface area contributed by atoms with Crippen molar-refractivity contribution in [1.82, 2.24) is 15.2 Å². The van der Waals surface area contributed by atoms with E-state index in [4.69, 9.17) is 9.47 Å². The molecule has 0 radical (unpaired) electrons. The Labute approximate surface area is 150 Å². The largest absolute Gasteiger partial charge is 0.454 e. The number of hydrogen-bond acceptors (Lipinski definition) is 5. The van der Waals surface area contributed by atoms with Gasteiger partial charge in [-0.2, -0.15) is 0 Å². The molecule has 7 nitrogen and oxygen atoms in total. The van der Waals surface area contributed by atoms with Crippen molar-refractivity contribution < 1.29 is 19.1 Å². The predicted octanol–water partition coefficient (Wildman–Crippen LogP) is 1.48. The van der Waals surface area contributed by atoms with Crippen LogP contribution < -0.4 is 14.8 Å². The van der Waals surface area contributed by atoms with E-state index in [9.17, 15) is 9.59 Å². The van der Waals surface area contributed by atoms with E-state index in [-0.39, 0.29) is 30.9 Å². The summed E-state index contributed by atoms with van der Waals surface area (Å²) in [6, 6.07) is 9.34. The summed E-state index contributed by atoms with van der Waals surface area (Å²) in [6.07, 6.45) is 3.68. The van der Waals surface area contributed by atoms with Gasteiger partial charge < -0.3 is 19.7 Å². The van der Waals surface area contributed by atoms with Crippen LogP contribution >= 0.6 is 0 Å². The van der Waals surface area contributed by atoms with Crippen molar-refractivity contribution in [3.05, 3.63) is 53.9 Å². The summed E-state index contributed by atoms with van der Waals surface area (Å²) in [7, 11) is 0. The lowest BCUT2D eigenvalue weighted by atomic mass is 10.1. The van der Waals surface area contributed by atoms with Gasteiger partial charge in [0.15, 0.2) is 11.5 Å². The van der Waals surface area contributed by atoms with Gasteiger partial charge in [-0.05, 0) is 29.3 Å². The number of ether oxygens (including phenoxy) is 2. The molecule has 26 heavy (non-hydrogen) atoms. The first-order chi connectivity index (χ1) is 12.7. The van der Waals surface area contributed by atoms with Gasteiger partial charge in [0, 0.05) is 38.4 Å². The molecule has 0 bridgehead atoms. The predicted molar refractivity (Wildman–Crippen MR) is 92.2 cm³/mol. The minimum absolute atomic E-state index is 0.00270. The highest BCUT2D eigenvalue weighted by Gasteiger charge is 2.34. The zero-order valence-corrected chi connectivity index (χ0v) is 14.2. The van der Waals surface area contributed by atoms with Gasteiger partial charge in [-0.3, -0.25) is 14.6 Å². The summed E-state index contributed by atoms with van der Waals surface area (Å²) in [5.41, 5.74) is 1.89. The highest BCUT2D eigenvalue weighted by Crippen LogP contribution is 2.32. The van der Waals surface area contributed by atoms with Gasteiger partial charge in [0.05, 0.1) is 5.92 Å². The molecule has 1 aromatic carbocycles. The zero-order valence-electron chi connectivity index (χ0n) is 14.2. The van der Waals surface area contributed by atoms with Crippen molar-refractivity contribution in [3.63, 3.8) is 0 Å². The highest BCUT2D eigenvalue weighted by atomic mass is 16.7. The van der Waals surface area contributed by atoms with E-state index in [0.717, 1.165) is 11.1 Å². The van der Waals surface area contributed by atoms with E-state index in [0.29, 0.717) is 31.1 Å². The van der Waals surface area contributed by atoms with Crippen molar-refractivity contribution in [3.8, 4) is 11.5 Å². The van der Waals surface area contributed by atoms with E-state index < -0.39 is 0 Å². The van der Waals surface area contributed by atoms with Crippen LogP contribution in [0.3, 0.4) is 0 Å². The lowest BCUT2D eigenvalue weighted by Crippen LogP contribution is -2.32. The van der Waals surface area contributed by atoms with Crippen LogP contribution in [-0.2, 0) is 22.7 Å². The Kier molecular flexibility index (Phi) is 4.43. The molecular weight excluding hydrogens is 334 g/mol. The maximum atomic E-state index is 12.4. The van der Waals surface area contributed by atoms with Crippen molar-refractivity contribution in [1.29, 1.82) is 0 Å². The fraction of sp³-hybridized carbons (Fsp3) is 0.316. The van der Waals surface area contributed by atoms with E-state index in [1.165, 1.54) is 0 Å². The van der Waals surface area contributed by atoms with Gasteiger partial charge in [-0.25, -0.2) is 0 Å². The van der Waals surface area contributed by atoms with Gasteiger partial charge in [-0.15, -0.1) is 0 Å². The van der Waals surface area contributed by atoms with Crippen LogP contribution in [0, 0.1) is 5.92 Å². The number of pyridine rings is 1. The molecule has 1 aromatic heterocycles. The lowest BCUT2D eigenvalue weighted by Gasteiger charge is -2.16. The van der Waals surface area contributed by atoms with Crippen LogP contribution in [0.5, 0.6) is 11.5 Å². The molecule has 0 spiro atoms. The standard InChI is InChI=1S/C19H19N3O4/c23-18-7-15(11-22(18)10-14-2-1-5-20-8-14)19(24)21-9-13-3-4-16-17(6-13)26-12-25-16/h1-6,8,15H,7,9-12H2,(H,21,24). The van der Waals surface area contributed by atoms with Crippen LogP contribution in [0.1, 0.15) is 17.5 Å². The van der Waals surface area contributed by atoms with Crippen molar-refractivity contribution in [2.75, 3.05) is 13.3 Å². The number of likely N-dealkylation sites (tertiary alicyclic amines) is 1. The fourth-order valence-corrected chi connectivity index (χ4v) is 3.20. The average Bonchev–Trinajstić information content (AvgIpc) is 3.27. The SMILES string of the molecule is O=C(NCc1ccc2c(c1)OCO2)C1CC(=O)N(Cc2cccnc2)C1. The molecule has 2 amide bonds. The normalized spacial score (nSPS) is 18.2. The van der Waals surface area contributed by atoms with Crippen LogP contribution in [0.25, 0.3) is 0 Å². The Morgan fingerprint density at radius 2 is 2.12 bits per heavy atom. The summed E-state index contributed by atoms with van der Waals surface area (Å²) in [5.74, 6) is 0.970. The van der Waals surface area contributed by atoms with Crippen molar-refractivity contribution in [2.24, 2.45) is 5.92 Å². The molecular formula is C19H19N3O4. The van der Waals surface area contributed by atoms with Gasteiger partial charge in [0.25, 0.3) is 0 Å². The quantitative estimate of drug-likeness (QED) is 0.881. The minimum atomic E-state index is -0.326. The molecule has 1 unspecified atom stereocenters. The summed E-state index contributed by atoms with van der Waals surface area (Å²) in [6.45, 7) is 1.53. The van der Waals surface area contributed by atoms with Gasteiger partial charge in [-0.1, -0.05) is 12.1 Å². The lowest BCUT2D eigenvalue weighted by molar-refractivity contribution is -0.129. The van der Waals surface area contributed by atoms with Crippen LogP contribution in [0.2, 0.25) is 0 Å². The maximum Gasteiger partial charge on any atom is 0.231 e. The van der Waals surface area contributed by atoms with E-state index in [1.54, 1.807) is 17.3 Å². The first-order valence-corrected chi connectivity index (χ1v) is 8.52. The third-order valence-corrected chi connectivity index (χ3v) is 4.59. The highest BCUT2D eigenvalue weighted by molar-refractivity contribution is 5.89. The Bertz CT molecular complexity index is 825. The van der Waals surface area contributed by atoms with E-state index in [1.807, 2.05) is 30.3 Å². The van der Waals surface area contributed by atoms with Gasteiger partial charge in [0.1, 0.15) is 0 Å². The maximum absolute atomic E-state index is 12.4. The second kappa shape index (κ2) is 7.03. The summed E-state index contributed by atoms with van der Waals surface area (Å²) in [4.78, 5) is 30.4. The number of fused-ring (bicyclic) bond motifs is 1. The number of nitrogens with one attached hydrogen (secondary N) is 1. The second-order valence-electron chi connectivity index (χ2n) is 6.44. The van der Waals surface area contributed by atoms with Gasteiger partial charge >= 0.3 is 0 Å². The molecule has 4 rings (SSSR count). The Balaban J connectivity index is 1.32. The van der Waals surface area contributed by atoms with Crippen LogP contribution in [0.15, 0.2) is 42.7 Å². The number of rotatable bonds is 5. The molecule has 2 aliphatic rings. The average molecular weight is 353 g/mol. The Hall–Kier alpha value is -3.09. The third kappa shape index (κ3) is 3.46. The molecule has 1 N–H and O–H groups in total. The number of aromatic nitrogens is 1.